The molecule has 0 heterocycles. The van der Waals surface area contributed by atoms with Gasteiger partial charge in [-0.3, -0.25) is 4.79 Å². The summed E-state index contributed by atoms with van der Waals surface area (Å²) in [7, 11) is 3.20. The zero-order valence-corrected chi connectivity index (χ0v) is 15.1. The van der Waals surface area contributed by atoms with Gasteiger partial charge in [0.2, 0.25) is 5.91 Å². The van der Waals surface area contributed by atoms with Crippen LogP contribution in [0.25, 0.3) is 0 Å². The summed E-state index contributed by atoms with van der Waals surface area (Å²) in [5.41, 5.74) is 1.06. The van der Waals surface area contributed by atoms with Crippen molar-refractivity contribution in [2.75, 3.05) is 33.9 Å². The third-order valence-electron chi connectivity index (χ3n) is 4.14. The number of nitrogens with one attached hydrogen (secondary N) is 2. The Kier molecular flexibility index (Phi) is 6.91. The molecule has 0 unspecified atom stereocenters. The molecule has 1 aliphatic rings. The van der Waals surface area contributed by atoms with Gasteiger partial charge in [0.1, 0.15) is 0 Å². The fourth-order valence-electron chi connectivity index (χ4n) is 2.50. The number of rotatable bonds is 9. The van der Waals surface area contributed by atoms with Gasteiger partial charge >= 0.3 is 6.03 Å². The van der Waals surface area contributed by atoms with Crippen molar-refractivity contribution in [1.82, 2.24) is 15.5 Å². The van der Waals surface area contributed by atoms with Gasteiger partial charge in [0.25, 0.3) is 0 Å². The standard InChI is InChI=1S/C18H27N3O4/c1-13(22)21(11-9-19-18(23)20-15-5-6-15)10-8-14-4-7-16(24-2)17(12-14)25-3/h4,7,12,15H,5-6,8-11H2,1-3H3,(H2,19,20,23). The SMILES string of the molecule is COc1ccc(CCN(CCNC(=O)NC2CC2)C(C)=O)cc1OC. The molecule has 25 heavy (non-hydrogen) atoms. The van der Waals surface area contributed by atoms with Crippen molar-refractivity contribution in [2.24, 2.45) is 0 Å². The molecule has 0 radical (unpaired) electrons. The number of carbonyl (C=O) groups excluding carboxylic acids is 2. The molecule has 0 spiro atoms. The Balaban J connectivity index is 1.80. The van der Waals surface area contributed by atoms with Crippen LogP contribution in [-0.2, 0) is 11.2 Å². The quantitative estimate of drug-likeness (QED) is 0.709. The van der Waals surface area contributed by atoms with E-state index in [0.717, 1.165) is 18.4 Å². The van der Waals surface area contributed by atoms with Crippen LogP contribution in [0.15, 0.2) is 18.2 Å². The average Bonchev–Trinajstić information content (AvgIpc) is 3.41. The van der Waals surface area contributed by atoms with Crippen LogP contribution >= 0.6 is 0 Å². The largest absolute Gasteiger partial charge is 0.493 e. The fourth-order valence-corrected chi connectivity index (χ4v) is 2.50. The van der Waals surface area contributed by atoms with Crippen LogP contribution in [0, 0.1) is 0 Å². The first kappa shape index (κ1) is 18.9. The molecule has 2 rings (SSSR count). The number of ether oxygens (including phenoxy) is 2. The fraction of sp³-hybridized carbons (Fsp3) is 0.556. The van der Waals surface area contributed by atoms with Crippen molar-refractivity contribution in [1.29, 1.82) is 0 Å². The predicted octanol–water partition coefficient (Wildman–Crippen LogP) is 1.56. The molecule has 0 bridgehead atoms. The zero-order chi connectivity index (χ0) is 18.2. The Hall–Kier alpha value is -2.44. The van der Waals surface area contributed by atoms with Gasteiger partial charge in [0.05, 0.1) is 14.2 Å². The minimum atomic E-state index is -0.161. The third-order valence-corrected chi connectivity index (χ3v) is 4.14. The molecule has 138 valence electrons. The first-order valence-electron chi connectivity index (χ1n) is 8.54. The highest BCUT2D eigenvalue weighted by atomic mass is 16.5. The maximum Gasteiger partial charge on any atom is 0.315 e. The summed E-state index contributed by atoms with van der Waals surface area (Å²) < 4.78 is 10.5. The Bertz CT molecular complexity index is 602. The van der Waals surface area contributed by atoms with Crippen molar-refractivity contribution < 1.29 is 19.1 Å². The second-order valence-electron chi connectivity index (χ2n) is 6.12. The van der Waals surface area contributed by atoms with Crippen molar-refractivity contribution in [3.8, 4) is 11.5 Å². The topological polar surface area (TPSA) is 79.9 Å². The van der Waals surface area contributed by atoms with Crippen LogP contribution in [-0.4, -0.2) is 56.7 Å². The summed E-state index contributed by atoms with van der Waals surface area (Å²) >= 11 is 0. The predicted molar refractivity (Wildman–Crippen MR) is 95.1 cm³/mol. The summed E-state index contributed by atoms with van der Waals surface area (Å²) in [6, 6.07) is 5.90. The van der Waals surface area contributed by atoms with Crippen molar-refractivity contribution >= 4 is 11.9 Å². The van der Waals surface area contributed by atoms with Crippen LogP contribution in [0.2, 0.25) is 0 Å². The van der Waals surface area contributed by atoms with E-state index in [-0.39, 0.29) is 11.9 Å². The van der Waals surface area contributed by atoms with Crippen molar-refractivity contribution in [2.45, 2.75) is 32.2 Å². The van der Waals surface area contributed by atoms with Crippen LogP contribution < -0.4 is 20.1 Å². The monoisotopic (exact) mass is 349 g/mol. The summed E-state index contributed by atoms with van der Waals surface area (Å²) in [5, 5.41) is 5.65. The van der Waals surface area contributed by atoms with E-state index >= 15 is 0 Å². The number of nitrogens with zero attached hydrogens (tertiary/aromatic N) is 1. The maximum absolute atomic E-state index is 11.8. The second-order valence-corrected chi connectivity index (χ2v) is 6.12. The number of benzene rings is 1. The Morgan fingerprint density at radius 1 is 1.16 bits per heavy atom. The van der Waals surface area contributed by atoms with E-state index in [1.165, 1.54) is 0 Å². The summed E-state index contributed by atoms with van der Waals surface area (Å²) in [5.74, 6) is 1.35. The molecule has 0 saturated heterocycles. The highest BCUT2D eigenvalue weighted by molar-refractivity contribution is 5.75. The smallest absolute Gasteiger partial charge is 0.315 e. The summed E-state index contributed by atoms with van der Waals surface area (Å²) in [4.78, 5) is 25.1. The van der Waals surface area contributed by atoms with Gasteiger partial charge in [-0.1, -0.05) is 6.07 Å². The van der Waals surface area contributed by atoms with E-state index in [9.17, 15) is 9.59 Å². The molecule has 3 amide bonds. The lowest BCUT2D eigenvalue weighted by Gasteiger charge is -2.21. The lowest BCUT2D eigenvalue weighted by atomic mass is 10.1. The molecule has 1 aliphatic carbocycles. The lowest BCUT2D eigenvalue weighted by Crippen LogP contribution is -2.42. The molecule has 0 aromatic heterocycles. The highest BCUT2D eigenvalue weighted by Gasteiger charge is 2.23. The van der Waals surface area contributed by atoms with Gasteiger partial charge in [-0.2, -0.15) is 0 Å². The number of hydrogen-bond acceptors (Lipinski definition) is 4. The normalized spacial score (nSPS) is 13.1. The molecular weight excluding hydrogens is 322 g/mol. The molecule has 1 aromatic carbocycles. The van der Waals surface area contributed by atoms with Gasteiger partial charge in [0, 0.05) is 32.6 Å². The van der Waals surface area contributed by atoms with E-state index in [1.807, 2.05) is 18.2 Å². The Morgan fingerprint density at radius 3 is 2.48 bits per heavy atom. The summed E-state index contributed by atoms with van der Waals surface area (Å²) in [6.07, 6.45) is 2.81. The Morgan fingerprint density at radius 2 is 1.88 bits per heavy atom. The third kappa shape index (κ3) is 6.17. The number of amides is 3. The molecule has 0 atom stereocenters. The van der Waals surface area contributed by atoms with E-state index in [0.29, 0.717) is 43.6 Å². The van der Waals surface area contributed by atoms with Crippen LogP contribution in [0.5, 0.6) is 11.5 Å². The molecule has 0 aliphatic heterocycles. The Labute approximate surface area is 148 Å². The van der Waals surface area contributed by atoms with Crippen LogP contribution in [0.4, 0.5) is 4.79 Å². The minimum absolute atomic E-state index is 0.00937. The first-order chi connectivity index (χ1) is 12.0. The number of urea groups is 1. The van der Waals surface area contributed by atoms with Gasteiger partial charge in [0.15, 0.2) is 11.5 Å². The molecular formula is C18H27N3O4. The molecule has 1 aromatic rings. The molecule has 1 saturated carbocycles. The van der Waals surface area contributed by atoms with E-state index in [4.69, 9.17) is 9.47 Å². The number of methoxy groups -OCH3 is 2. The second kappa shape index (κ2) is 9.15. The first-order valence-corrected chi connectivity index (χ1v) is 8.54. The summed E-state index contributed by atoms with van der Waals surface area (Å²) in [6.45, 7) is 3.04. The average molecular weight is 349 g/mol. The molecule has 7 nitrogen and oxygen atoms in total. The van der Waals surface area contributed by atoms with Gasteiger partial charge in [-0.05, 0) is 37.0 Å². The van der Waals surface area contributed by atoms with Crippen LogP contribution in [0.3, 0.4) is 0 Å². The highest BCUT2D eigenvalue weighted by Crippen LogP contribution is 2.27. The van der Waals surface area contributed by atoms with Gasteiger partial charge in [-0.25, -0.2) is 4.79 Å². The maximum atomic E-state index is 11.8. The van der Waals surface area contributed by atoms with E-state index in [2.05, 4.69) is 10.6 Å². The van der Waals surface area contributed by atoms with Crippen LogP contribution in [0.1, 0.15) is 25.3 Å². The number of hydrogen-bond donors (Lipinski definition) is 2. The molecule has 7 heteroatoms. The zero-order valence-electron chi connectivity index (χ0n) is 15.1. The van der Waals surface area contributed by atoms with Crippen molar-refractivity contribution in [3.05, 3.63) is 23.8 Å². The minimum Gasteiger partial charge on any atom is -0.493 e. The van der Waals surface area contributed by atoms with E-state index < -0.39 is 0 Å². The van der Waals surface area contributed by atoms with Gasteiger partial charge < -0.3 is 25.0 Å². The van der Waals surface area contributed by atoms with Crippen molar-refractivity contribution in [3.63, 3.8) is 0 Å². The number of carbonyl (C=O) groups is 2. The molecule has 2 N–H and O–H groups in total. The van der Waals surface area contributed by atoms with Gasteiger partial charge in [-0.15, -0.1) is 0 Å². The lowest BCUT2D eigenvalue weighted by molar-refractivity contribution is -0.128. The molecule has 1 fully saturated rings. The van der Waals surface area contributed by atoms with E-state index in [1.54, 1.807) is 26.0 Å².